The second-order valence-electron chi connectivity index (χ2n) is 5.11. The van der Waals surface area contributed by atoms with Crippen molar-refractivity contribution in [1.29, 1.82) is 0 Å². The van der Waals surface area contributed by atoms with E-state index in [9.17, 15) is 0 Å². The SMILES string of the molecule is CNC(c1ccccc1)C(Sc1nc(C)ns1)C(C)C. The predicted octanol–water partition coefficient (Wildman–Crippen LogP) is 3.92. The summed E-state index contributed by atoms with van der Waals surface area (Å²) < 4.78 is 5.33. The Balaban J connectivity index is 2.22. The van der Waals surface area contributed by atoms with Crippen LogP contribution in [0.5, 0.6) is 0 Å². The van der Waals surface area contributed by atoms with E-state index in [0.29, 0.717) is 17.2 Å². The van der Waals surface area contributed by atoms with Crippen LogP contribution in [-0.2, 0) is 0 Å². The van der Waals surface area contributed by atoms with Crippen LogP contribution in [0.4, 0.5) is 0 Å². The van der Waals surface area contributed by atoms with E-state index in [2.05, 4.69) is 58.9 Å². The van der Waals surface area contributed by atoms with Gasteiger partial charge in [-0.1, -0.05) is 55.9 Å². The highest BCUT2D eigenvalue weighted by Crippen LogP contribution is 2.37. The Morgan fingerprint density at radius 3 is 2.40 bits per heavy atom. The summed E-state index contributed by atoms with van der Waals surface area (Å²) in [5.41, 5.74) is 1.32. The quantitative estimate of drug-likeness (QED) is 0.821. The largest absolute Gasteiger partial charge is 0.312 e. The van der Waals surface area contributed by atoms with Crippen LogP contribution in [0.15, 0.2) is 34.7 Å². The predicted molar refractivity (Wildman–Crippen MR) is 87.4 cm³/mol. The van der Waals surface area contributed by atoms with Gasteiger partial charge in [0, 0.05) is 11.3 Å². The highest BCUT2D eigenvalue weighted by atomic mass is 32.2. The van der Waals surface area contributed by atoms with Gasteiger partial charge in [-0.25, -0.2) is 4.98 Å². The summed E-state index contributed by atoms with van der Waals surface area (Å²) >= 11 is 3.32. The number of rotatable bonds is 6. The van der Waals surface area contributed by atoms with Crippen molar-refractivity contribution in [3.8, 4) is 0 Å². The van der Waals surface area contributed by atoms with Crippen molar-refractivity contribution in [3.05, 3.63) is 41.7 Å². The molecule has 0 saturated carbocycles. The maximum Gasteiger partial charge on any atom is 0.170 e. The molecule has 2 unspecified atom stereocenters. The molecule has 0 radical (unpaired) electrons. The molecule has 5 heteroatoms. The highest BCUT2D eigenvalue weighted by molar-refractivity contribution is 8.01. The summed E-state index contributed by atoms with van der Waals surface area (Å²) in [5.74, 6) is 1.41. The molecule has 0 spiro atoms. The number of hydrogen-bond donors (Lipinski definition) is 1. The number of thioether (sulfide) groups is 1. The fourth-order valence-electron chi connectivity index (χ4n) is 2.21. The Bertz CT molecular complexity index is 525. The van der Waals surface area contributed by atoms with E-state index < -0.39 is 0 Å². The van der Waals surface area contributed by atoms with Crippen LogP contribution in [0.1, 0.15) is 31.3 Å². The Labute approximate surface area is 129 Å². The van der Waals surface area contributed by atoms with Gasteiger partial charge in [0.25, 0.3) is 0 Å². The third kappa shape index (κ3) is 3.81. The van der Waals surface area contributed by atoms with Crippen molar-refractivity contribution in [2.45, 2.75) is 36.4 Å². The van der Waals surface area contributed by atoms with Gasteiger partial charge in [0.1, 0.15) is 5.82 Å². The lowest BCUT2D eigenvalue weighted by Crippen LogP contribution is -2.31. The summed E-state index contributed by atoms with van der Waals surface area (Å²) in [6.45, 7) is 6.47. The fraction of sp³-hybridized carbons (Fsp3) is 0.467. The topological polar surface area (TPSA) is 37.8 Å². The first-order chi connectivity index (χ1) is 9.61. The van der Waals surface area contributed by atoms with Crippen molar-refractivity contribution < 1.29 is 0 Å². The average molecular weight is 307 g/mol. The molecule has 3 nitrogen and oxygen atoms in total. The van der Waals surface area contributed by atoms with Gasteiger partial charge in [-0.2, -0.15) is 4.37 Å². The van der Waals surface area contributed by atoms with Gasteiger partial charge in [0.05, 0.1) is 0 Å². The van der Waals surface area contributed by atoms with Gasteiger partial charge in [-0.3, -0.25) is 0 Å². The summed E-state index contributed by atoms with van der Waals surface area (Å²) in [5, 5.41) is 3.89. The number of aryl methyl sites for hydroxylation is 1. The zero-order chi connectivity index (χ0) is 14.5. The van der Waals surface area contributed by atoms with E-state index >= 15 is 0 Å². The number of aromatic nitrogens is 2. The minimum atomic E-state index is 0.311. The maximum absolute atomic E-state index is 4.49. The molecule has 0 aliphatic heterocycles. The molecule has 0 aliphatic carbocycles. The second-order valence-corrected chi connectivity index (χ2v) is 7.29. The highest BCUT2D eigenvalue weighted by Gasteiger charge is 2.27. The standard InChI is InChI=1S/C15H21N3S2/c1-10(2)14(19-15-17-11(3)18-20-15)13(16-4)12-8-6-5-7-9-12/h5-10,13-14,16H,1-4H3. The summed E-state index contributed by atoms with van der Waals surface area (Å²) in [6.07, 6.45) is 0. The third-order valence-electron chi connectivity index (χ3n) is 3.20. The monoisotopic (exact) mass is 307 g/mol. The smallest absolute Gasteiger partial charge is 0.170 e. The van der Waals surface area contributed by atoms with Crippen LogP contribution in [0.3, 0.4) is 0 Å². The zero-order valence-electron chi connectivity index (χ0n) is 12.3. The molecule has 1 aromatic carbocycles. The lowest BCUT2D eigenvalue weighted by atomic mass is 9.96. The molecule has 1 aromatic heterocycles. The van der Waals surface area contributed by atoms with Crippen molar-refractivity contribution in [2.24, 2.45) is 5.92 Å². The summed E-state index contributed by atoms with van der Waals surface area (Å²) in [6, 6.07) is 10.9. The molecule has 2 rings (SSSR count). The van der Waals surface area contributed by atoms with Gasteiger partial charge in [-0.05, 0) is 37.0 Å². The van der Waals surface area contributed by atoms with Gasteiger partial charge in [0.15, 0.2) is 4.34 Å². The van der Waals surface area contributed by atoms with E-state index in [-0.39, 0.29) is 0 Å². The Morgan fingerprint density at radius 2 is 1.90 bits per heavy atom. The molecule has 1 N–H and O–H groups in total. The third-order valence-corrected chi connectivity index (χ3v) is 5.70. The van der Waals surface area contributed by atoms with Gasteiger partial charge < -0.3 is 5.32 Å². The maximum atomic E-state index is 4.49. The molecule has 2 atom stereocenters. The Morgan fingerprint density at radius 1 is 1.20 bits per heavy atom. The van der Waals surface area contributed by atoms with Crippen molar-refractivity contribution in [1.82, 2.24) is 14.7 Å². The van der Waals surface area contributed by atoms with Crippen LogP contribution in [-0.4, -0.2) is 21.7 Å². The first-order valence-electron chi connectivity index (χ1n) is 6.81. The van der Waals surface area contributed by atoms with E-state index in [1.807, 2.05) is 25.7 Å². The van der Waals surface area contributed by atoms with Crippen molar-refractivity contribution in [3.63, 3.8) is 0 Å². The number of benzene rings is 1. The number of hydrogen-bond acceptors (Lipinski definition) is 5. The summed E-state index contributed by atoms with van der Waals surface area (Å²) in [7, 11) is 2.03. The first-order valence-corrected chi connectivity index (χ1v) is 8.46. The van der Waals surface area contributed by atoms with Gasteiger partial charge >= 0.3 is 0 Å². The Hall–Kier alpha value is -0.910. The molecule has 0 fully saturated rings. The number of nitrogens with one attached hydrogen (secondary N) is 1. The lowest BCUT2D eigenvalue weighted by Gasteiger charge is -2.29. The van der Waals surface area contributed by atoms with Gasteiger partial charge in [-0.15, -0.1) is 0 Å². The lowest BCUT2D eigenvalue weighted by molar-refractivity contribution is 0.472. The molecule has 1 heterocycles. The van der Waals surface area contributed by atoms with Crippen molar-refractivity contribution in [2.75, 3.05) is 7.05 Å². The molecule has 0 aliphatic rings. The molecule has 0 saturated heterocycles. The Kier molecular flexibility index (Phi) is 5.57. The normalized spacial score (nSPS) is 14.4. The first kappa shape index (κ1) is 15.5. The van der Waals surface area contributed by atoms with Crippen LogP contribution < -0.4 is 5.32 Å². The van der Waals surface area contributed by atoms with Crippen LogP contribution in [0.2, 0.25) is 0 Å². The average Bonchev–Trinajstić information content (AvgIpc) is 2.85. The number of nitrogens with zero attached hydrogens (tertiary/aromatic N) is 2. The molecule has 108 valence electrons. The minimum absolute atomic E-state index is 0.311. The molecular weight excluding hydrogens is 286 g/mol. The van der Waals surface area contributed by atoms with E-state index in [4.69, 9.17) is 0 Å². The van der Waals surface area contributed by atoms with Crippen LogP contribution >= 0.6 is 23.3 Å². The second kappa shape index (κ2) is 7.20. The van der Waals surface area contributed by atoms with Crippen molar-refractivity contribution >= 4 is 23.3 Å². The van der Waals surface area contributed by atoms with E-state index in [1.165, 1.54) is 17.1 Å². The molecular formula is C15H21N3S2. The zero-order valence-corrected chi connectivity index (χ0v) is 14.0. The van der Waals surface area contributed by atoms with Crippen LogP contribution in [0, 0.1) is 12.8 Å². The van der Waals surface area contributed by atoms with E-state index in [1.54, 1.807) is 0 Å². The minimum Gasteiger partial charge on any atom is -0.312 e. The van der Waals surface area contributed by atoms with Crippen LogP contribution in [0.25, 0.3) is 0 Å². The fourth-order valence-corrected chi connectivity index (χ4v) is 4.37. The molecule has 2 aromatic rings. The van der Waals surface area contributed by atoms with E-state index in [0.717, 1.165) is 10.2 Å². The summed E-state index contributed by atoms with van der Waals surface area (Å²) in [4.78, 5) is 4.49. The molecule has 20 heavy (non-hydrogen) atoms. The van der Waals surface area contributed by atoms with Gasteiger partial charge in [0.2, 0.25) is 0 Å². The molecule has 0 amide bonds. The molecule has 0 bridgehead atoms.